The van der Waals surface area contributed by atoms with Gasteiger partial charge in [0.25, 0.3) is 5.91 Å². The highest BCUT2D eigenvalue weighted by Crippen LogP contribution is 2.31. The molecule has 150 valence electrons. The van der Waals surface area contributed by atoms with Crippen LogP contribution >= 0.6 is 23.2 Å². The van der Waals surface area contributed by atoms with Crippen molar-refractivity contribution in [2.75, 3.05) is 6.54 Å². The van der Waals surface area contributed by atoms with Gasteiger partial charge in [0.15, 0.2) is 6.10 Å². The van der Waals surface area contributed by atoms with Crippen LogP contribution in [0.15, 0.2) is 17.0 Å². The fourth-order valence-corrected chi connectivity index (χ4v) is 4.26. The Balaban J connectivity index is 2.18. The molecule has 0 bridgehead atoms. The predicted octanol–water partition coefficient (Wildman–Crippen LogP) is 2.75. The molecule has 1 atom stereocenters. The van der Waals surface area contributed by atoms with E-state index in [2.05, 4.69) is 10.0 Å². The lowest BCUT2D eigenvalue weighted by Crippen LogP contribution is -2.37. The van der Waals surface area contributed by atoms with Crippen LogP contribution in [0.3, 0.4) is 0 Å². The third-order valence-electron chi connectivity index (χ3n) is 3.77. The van der Waals surface area contributed by atoms with E-state index < -0.39 is 28.0 Å². The molecule has 10 heteroatoms. The van der Waals surface area contributed by atoms with Crippen LogP contribution in [0.5, 0.6) is 0 Å². The van der Waals surface area contributed by atoms with Crippen molar-refractivity contribution in [2.24, 2.45) is 5.92 Å². The zero-order chi connectivity index (χ0) is 20.4. The number of rotatable bonds is 8. The molecule has 0 spiro atoms. The maximum Gasteiger partial charge on any atom is 0.340 e. The summed E-state index contributed by atoms with van der Waals surface area (Å²) in [5.74, 6) is -1.12. The zero-order valence-corrected chi connectivity index (χ0v) is 17.5. The van der Waals surface area contributed by atoms with Gasteiger partial charge in [-0.3, -0.25) is 4.79 Å². The van der Waals surface area contributed by atoms with Crippen LogP contribution in [0.2, 0.25) is 10.0 Å². The van der Waals surface area contributed by atoms with Crippen LogP contribution in [0.1, 0.15) is 44.0 Å². The van der Waals surface area contributed by atoms with E-state index in [4.69, 9.17) is 27.9 Å². The van der Waals surface area contributed by atoms with Gasteiger partial charge in [-0.2, -0.15) is 0 Å². The summed E-state index contributed by atoms with van der Waals surface area (Å²) in [7, 11) is -3.89. The molecule has 0 radical (unpaired) electrons. The van der Waals surface area contributed by atoms with Gasteiger partial charge in [0, 0.05) is 12.6 Å². The Morgan fingerprint density at radius 2 is 1.81 bits per heavy atom. The highest BCUT2D eigenvalue weighted by molar-refractivity contribution is 7.89. The fraction of sp³-hybridized carbons (Fsp3) is 0.529. The average molecular weight is 437 g/mol. The van der Waals surface area contributed by atoms with Crippen molar-refractivity contribution < 1.29 is 22.7 Å². The lowest BCUT2D eigenvalue weighted by molar-refractivity contribution is -0.129. The van der Waals surface area contributed by atoms with E-state index >= 15 is 0 Å². The topological polar surface area (TPSA) is 102 Å². The summed E-state index contributed by atoms with van der Waals surface area (Å²) < 4.78 is 32.4. The molecular weight excluding hydrogens is 415 g/mol. The van der Waals surface area contributed by atoms with Crippen LogP contribution in [0.25, 0.3) is 0 Å². The van der Waals surface area contributed by atoms with E-state index in [1.807, 2.05) is 13.8 Å². The Morgan fingerprint density at radius 1 is 1.19 bits per heavy atom. The number of amides is 1. The van der Waals surface area contributed by atoms with Crippen LogP contribution < -0.4 is 10.0 Å². The van der Waals surface area contributed by atoms with Gasteiger partial charge < -0.3 is 10.1 Å². The number of ether oxygens (including phenoxy) is 1. The minimum absolute atomic E-state index is 0.0647. The second kappa shape index (κ2) is 8.77. The molecule has 0 aliphatic heterocycles. The molecule has 0 aromatic heterocycles. The quantitative estimate of drug-likeness (QED) is 0.609. The lowest BCUT2D eigenvalue weighted by atomic mass is 10.2. The summed E-state index contributed by atoms with van der Waals surface area (Å²) in [6.07, 6.45) is 0.442. The number of esters is 1. The van der Waals surface area contributed by atoms with Gasteiger partial charge in [-0.1, -0.05) is 37.0 Å². The predicted molar refractivity (Wildman–Crippen MR) is 103 cm³/mol. The van der Waals surface area contributed by atoms with Gasteiger partial charge >= 0.3 is 5.97 Å². The number of nitrogens with one attached hydrogen (secondary N) is 2. The van der Waals surface area contributed by atoms with Gasteiger partial charge in [0.05, 0.1) is 15.6 Å². The first-order valence-corrected chi connectivity index (χ1v) is 10.7. The van der Waals surface area contributed by atoms with E-state index in [0.717, 1.165) is 18.9 Å². The minimum atomic E-state index is -3.89. The first-order chi connectivity index (χ1) is 12.5. The molecule has 0 heterocycles. The highest BCUT2D eigenvalue weighted by atomic mass is 35.5. The minimum Gasteiger partial charge on any atom is -0.449 e. The van der Waals surface area contributed by atoms with E-state index in [0.29, 0.717) is 6.54 Å². The Bertz CT molecular complexity index is 838. The Morgan fingerprint density at radius 3 is 2.37 bits per heavy atom. The number of carbonyl (C=O) groups is 2. The average Bonchev–Trinajstić information content (AvgIpc) is 3.35. The van der Waals surface area contributed by atoms with E-state index in [-0.39, 0.29) is 32.5 Å². The van der Waals surface area contributed by atoms with Crippen LogP contribution in [0.4, 0.5) is 0 Å². The number of hydrogen-bond acceptors (Lipinski definition) is 5. The molecule has 0 saturated heterocycles. The molecule has 1 saturated carbocycles. The summed E-state index contributed by atoms with van der Waals surface area (Å²) in [6.45, 7) is 5.73. The van der Waals surface area contributed by atoms with E-state index in [1.54, 1.807) is 0 Å². The zero-order valence-electron chi connectivity index (χ0n) is 15.2. The monoisotopic (exact) mass is 436 g/mol. The van der Waals surface area contributed by atoms with Gasteiger partial charge in [0.2, 0.25) is 10.0 Å². The number of hydrogen-bond donors (Lipinski definition) is 2. The molecule has 2 rings (SSSR count). The van der Waals surface area contributed by atoms with Crippen molar-refractivity contribution in [3.63, 3.8) is 0 Å². The normalized spacial score (nSPS) is 15.5. The van der Waals surface area contributed by atoms with Crippen LogP contribution in [-0.2, 0) is 19.6 Å². The molecule has 1 aliphatic carbocycles. The van der Waals surface area contributed by atoms with Crippen molar-refractivity contribution in [1.82, 2.24) is 10.0 Å². The van der Waals surface area contributed by atoms with Crippen molar-refractivity contribution in [3.8, 4) is 0 Å². The second-order valence-corrected chi connectivity index (χ2v) is 9.34. The molecule has 27 heavy (non-hydrogen) atoms. The smallest absolute Gasteiger partial charge is 0.340 e. The fourth-order valence-electron chi connectivity index (χ4n) is 2.10. The largest absolute Gasteiger partial charge is 0.449 e. The lowest BCUT2D eigenvalue weighted by Gasteiger charge is -2.16. The molecule has 1 aliphatic rings. The van der Waals surface area contributed by atoms with Crippen molar-refractivity contribution in [2.45, 2.75) is 50.7 Å². The molecule has 1 unspecified atom stereocenters. The maximum absolute atomic E-state index is 12.4. The molecule has 7 nitrogen and oxygen atoms in total. The van der Waals surface area contributed by atoms with Gasteiger partial charge in [0.1, 0.15) is 4.90 Å². The number of halogens is 2. The molecule has 1 aromatic carbocycles. The maximum atomic E-state index is 12.4. The van der Waals surface area contributed by atoms with Gasteiger partial charge in [-0.05, 0) is 37.8 Å². The third-order valence-corrected chi connectivity index (χ3v) is 6.07. The highest BCUT2D eigenvalue weighted by Gasteiger charge is 2.31. The first kappa shape index (κ1) is 21.9. The van der Waals surface area contributed by atoms with Crippen molar-refractivity contribution in [3.05, 3.63) is 27.7 Å². The third kappa shape index (κ3) is 6.07. The number of carbonyl (C=O) groups excluding carboxylic acids is 2. The van der Waals surface area contributed by atoms with E-state index in [1.165, 1.54) is 13.0 Å². The number of benzene rings is 1. The van der Waals surface area contributed by atoms with E-state index in [9.17, 15) is 18.0 Å². The SMILES string of the molecule is CC(C)CNC(=O)C(C)OC(=O)c1cc(S(=O)(=O)NC2CC2)c(Cl)cc1Cl. The first-order valence-electron chi connectivity index (χ1n) is 8.51. The Kier molecular flexibility index (Phi) is 7.13. The summed E-state index contributed by atoms with van der Waals surface area (Å²) in [5.41, 5.74) is -0.180. The summed E-state index contributed by atoms with van der Waals surface area (Å²) in [6, 6.07) is 2.11. The molecule has 1 amide bonds. The molecule has 1 fully saturated rings. The number of sulfonamides is 1. The Hall–Kier alpha value is -1.35. The van der Waals surface area contributed by atoms with Gasteiger partial charge in [-0.25, -0.2) is 17.9 Å². The standard InChI is InChI=1S/C17H22Cl2N2O5S/c1-9(2)8-20-16(22)10(3)26-17(23)12-6-15(14(19)7-13(12)18)27(24,25)21-11-4-5-11/h6-7,9-11,21H,4-5,8H2,1-3H3,(H,20,22). The van der Waals surface area contributed by atoms with Crippen LogP contribution in [-0.4, -0.2) is 39.0 Å². The molecule has 1 aromatic rings. The summed E-state index contributed by atoms with van der Waals surface area (Å²) in [5, 5.41) is 2.48. The summed E-state index contributed by atoms with van der Waals surface area (Å²) >= 11 is 12.0. The Labute approximate surface area is 168 Å². The van der Waals surface area contributed by atoms with Crippen molar-refractivity contribution >= 4 is 45.1 Å². The van der Waals surface area contributed by atoms with Gasteiger partial charge in [-0.15, -0.1) is 0 Å². The summed E-state index contributed by atoms with van der Waals surface area (Å²) in [4.78, 5) is 24.1. The molecule has 2 N–H and O–H groups in total. The van der Waals surface area contributed by atoms with Crippen molar-refractivity contribution in [1.29, 1.82) is 0 Å². The second-order valence-electron chi connectivity index (χ2n) is 6.84. The molecular formula is C17H22Cl2N2O5S. The van der Waals surface area contributed by atoms with Crippen LogP contribution in [0, 0.1) is 5.92 Å².